The summed E-state index contributed by atoms with van der Waals surface area (Å²) >= 11 is 0. The van der Waals surface area contributed by atoms with Gasteiger partial charge in [-0.3, -0.25) is 0 Å². The van der Waals surface area contributed by atoms with Crippen LogP contribution in [0.25, 0.3) is 0 Å². The lowest BCUT2D eigenvalue weighted by molar-refractivity contribution is -0.357. The minimum atomic E-state index is -1.69. The molecular formula is C13H24O11. The highest BCUT2D eigenvalue weighted by Crippen LogP contribution is 2.29. The van der Waals surface area contributed by atoms with E-state index >= 15 is 0 Å². The molecule has 2 aliphatic rings. The molecule has 0 aromatic rings. The van der Waals surface area contributed by atoms with Crippen molar-refractivity contribution in [2.24, 2.45) is 0 Å². The van der Waals surface area contributed by atoms with Crippen LogP contribution in [0, 0.1) is 0 Å². The van der Waals surface area contributed by atoms with Gasteiger partial charge in [-0.15, -0.1) is 0 Å². The molecule has 24 heavy (non-hydrogen) atoms. The molecule has 7 N–H and O–H groups in total. The zero-order chi connectivity index (χ0) is 18.0. The minimum Gasteiger partial charge on any atom is -0.394 e. The summed E-state index contributed by atoms with van der Waals surface area (Å²) < 4.78 is 20.6. The molecule has 11 heteroatoms. The third kappa shape index (κ3) is 3.71. The average Bonchev–Trinajstić information content (AvgIpc) is 2.59. The summed E-state index contributed by atoms with van der Waals surface area (Å²) in [5, 5.41) is 68.0. The van der Waals surface area contributed by atoms with Crippen molar-refractivity contribution in [1.29, 1.82) is 0 Å². The van der Waals surface area contributed by atoms with Gasteiger partial charge in [-0.25, -0.2) is 0 Å². The Kier molecular flexibility index (Phi) is 6.87. The van der Waals surface area contributed by atoms with Gasteiger partial charge in [-0.05, 0) is 0 Å². The number of hydrogen-bond acceptors (Lipinski definition) is 11. The molecule has 2 unspecified atom stereocenters. The number of rotatable bonds is 5. The fraction of sp³-hybridized carbons (Fsp3) is 1.00. The summed E-state index contributed by atoms with van der Waals surface area (Å²) in [6, 6.07) is 0. The summed E-state index contributed by atoms with van der Waals surface area (Å²) in [5.74, 6) is 0. The summed E-state index contributed by atoms with van der Waals surface area (Å²) in [4.78, 5) is 0. The van der Waals surface area contributed by atoms with Crippen LogP contribution in [0.15, 0.2) is 0 Å². The predicted octanol–water partition coefficient (Wildman–Crippen LogP) is -4.74. The van der Waals surface area contributed by atoms with Crippen molar-refractivity contribution >= 4 is 0 Å². The van der Waals surface area contributed by atoms with Crippen LogP contribution in [-0.4, -0.2) is 117 Å². The highest BCUT2D eigenvalue weighted by Gasteiger charge is 2.50. The van der Waals surface area contributed by atoms with Gasteiger partial charge in [-0.2, -0.15) is 0 Å². The maximum atomic E-state index is 10.2. The molecule has 0 amide bonds. The van der Waals surface area contributed by atoms with E-state index in [9.17, 15) is 30.6 Å². The number of ether oxygens (including phenoxy) is 4. The summed E-state index contributed by atoms with van der Waals surface area (Å²) in [7, 11) is 1.24. The largest absolute Gasteiger partial charge is 0.394 e. The smallest absolute Gasteiger partial charge is 0.187 e. The molecule has 142 valence electrons. The molecule has 11 nitrogen and oxygen atoms in total. The summed E-state index contributed by atoms with van der Waals surface area (Å²) in [5.41, 5.74) is 0. The number of aliphatic hydroxyl groups excluding tert-OH is 7. The van der Waals surface area contributed by atoms with Gasteiger partial charge in [0, 0.05) is 7.11 Å². The van der Waals surface area contributed by atoms with Gasteiger partial charge in [0.2, 0.25) is 0 Å². The molecule has 10 atom stereocenters. The predicted molar refractivity (Wildman–Crippen MR) is 73.4 cm³/mol. The van der Waals surface area contributed by atoms with E-state index in [-0.39, 0.29) is 0 Å². The first-order chi connectivity index (χ1) is 11.3. The Balaban J connectivity index is 2.12. The topological polar surface area (TPSA) is 179 Å². The molecule has 0 aliphatic carbocycles. The minimum absolute atomic E-state index is 0.592. The van der Waals surface area contributed by atoms with E-state index in [0.29, 0.717) is 0 Å². The van der Waals surface area contributed by atoms with Crippen molar-refractivity contribution in [3.05, 3.63) is 0 Å². The fourth-order valence-corrected chi connectivity index (χ4v) is 2.75. The van der Waals surface area contributed by atoms with Gasteiger partial charge in [0.1, 0.15) is 48.8 Å². The molecule has 2 saturated heterocycles. The van der Waals surface area contributed by atoms with Crippen LogP contribution in [0.4, 0.5) is 0 Å². The van der Waals surface area contributed by atoms with Gasteiger partial charge in [0.25, 0.3) is 0 Å². The van der Waals surface area contributed by atoms with Gasteiger partial charge >= 0.3 is 0 Å². The molecule has 0 spiro atoms. The Hall–Kier alpha value is -0.440. The van der Waals surface area contributed by atoms with Gasteiger partial charge in [0.05, 0.1) is 13.2 Å². The molecular weight excluding hydrogens is 332 g/mol. The quantitative estimate of drug-likeness (QED) is 0.251. The third-order valence-electron chi connectivity index (χ3n) is 4.19. The maximum Gasteiger partial charge on any atom is 0.187 e. The first-order valence-corrected chi connectivity index (χ1v) is 7.46. The van der Waals surface area contributed by atoms with Crippen LogP contribution in [0.5, 0.6) is 0 Å². The lowest BCUT2D eigenvalue weighted by Gasteiger charge is -2.45. The zero-order valence-corrected chi connectivity index (χ0v) is 13.0. The van der Waals surface area contributed by atoms with E-state index in [0.717, 1.165) is 0 Å². The molecule has 0 bridgehead atoms. The van der Waals surface area contributed by atoms with Crippen LogP contribution in [0.2, 0.25) is 0 Å². The van der Waals surface area contributed by atoms with E-state index in [1.807, 2.05) is 0 Å². The maximum absolute atomic E-state index is 10.2. The van der Waals surface area contributed by atoms with Crippen LogP contribution >= 0.6 is 0 Å². The number of aliphatic hydroxyl groups is 7. The Morgan fingerprint density at radius 1 is 0.708 bits per heavy atom. The second kappa shape index (κ2) is 8.29. The van der Waals surface area contributed by atoms with Crippen LogP contribution in [0.1, 0.15) is 0 Å². The Labute approximate surface area is 137 Å². The van der Waals surface area contributed by atoms with E-state index < -0.39 is 74.6 Å². The summed E-state index contributed by atoms with van der Waals surface area (Å²) in [6.07, 6.45) is -14.3. The molecule has 0 aromatic heterocycles. The summed E-state index contributed by atoms with van der Waals surface area (Å²) in [6.45, 7) is -1.24. The second-order valence-electron chi connectivity index (χ2n) is 5.74. The monoisotopic (exact) mass is 356 g/mol. The van der Waals surface area contributed by atoms with Crippen molar-refractivity contribution in [2.75, 3.05) is 20.3 Å². The van der Waals surface area contributed by atoms with Gasteiger partial charge < -0.3 is 54.7 Å². The average molecular weight is 356 g/mol. The zero-order valence-electron chi connectivity index (χ0n) is 13.0. The van der Waals surface area contributed by atoms with Crippen molar-refractivity contribution in [2.45, 2.75) is 61.4 Å². The van der Waals surface area contributed by atoms with Crippen molar-refractivity contribution in [1.82, 2.24) is 0 Å². The lowest BCUT2D eigenvalue weighted by Crippen LogP contribution is -2.64. The number of methoxy groups -OCH3 is 1. The van der Waals surface area contributed by atoms with E-state index in [4.69, 9.17) is 24.1 Å². The fourth-order valence-electron chi connectivity index (χ4n) is 2.75. The highest BCUT2D eigenvalue weighted by atomic mass is 16.7. The molecule has 2 aliphatic heterocycles. The lowest BCUT2D eigenvalue weighted by atomic mass is 9.97. The standard InChI is InChI=1S/C13H24O11/c1-21-12-10(20)8(18)11(5(3-15)23-12)24-13-9(19)7(17)6(16)4(2-14)22-13/h4-20H,2-3H2,1H3/t4-,5-,6+,7+,8-,9-,10-,11+,12?,13?/m1/s1. The first kappa shape index (κ1) is 19.9. The van der Waals surface area contributed by atoms with Crippen molar-refractivity contribution < 1.29 is 54.7 Å². The van der Waals surface area contributed by atoms with Crippen LogP contribution < -0.4 is 0 Å². The van der Waals surface area contributed by atoms with Crippen LogP contribution in [0.3, 0.4) is 0 Å². The Bertz CT molecular complexity index is 392. The van der Waals surface area contributed by atoms with Gasteiger partial charge in [-0.1, -0.05) is 0 Å². The molecule has 2 heterocycles. The molecule has 0 saturated carbocycles. The Morgan fingerprint density at radius 2 is 1.25 bits per heavy atom. The van der Waals surface area contributed by atoms with Crippen LogP contribution in [-0.2, 0) is 18.9 Å². The highest BCUT2D eigenvalue weighted by molar-refractivity contribution is 4.93. The molecule has 0 aromatic carbocycles. The first-order valence-electron chi connectivity index (χ1n) is 7.46. The Morgan fingerprint density at radius 3 is 1.79 bits per heavy atom. The van der Waals surface area contributed by atoms with Crippen molar-refractivity contribution in [3.63, 3.8) is 0 Å². The van der Waals surface area contributed by atoms with E-state index in [1.54, 1.807) is 0 Å². The SMILES string of the molecule is COC1O[C@H](CO)[C@H](OC2O[C@H](CO)[C@H](O)[C@H](O)[C@H]2O)[C@H](O)[C@H]1O. The normalized spacial score (nSPS) is 50.0. The molecule has 0 radical (unpaired) electrons. The second-order valence-corrected chi connectivity index (χ2v) is 5.74. The number of hydrogen-bond donors (Lipinski definition) is 7. The van der Waals surface area contributed by atoms with Gasteiger partial charge in [0.15, 0.2) is 12.6 Å². The molecule has 2 fully saturated rings. The van der Waals surface area contributed by atoms with E-state index in [1.165, 1.54) is 7.11 Å². The molecule has 2 rings (SSSR count). The van der Waals surface area contributed by atoms with E-state index in [2.05, 4.69) is 0 Å². The third-order valence-corrected chi connectivity index (χ3v) is 4.19. The van der Waals surface area contributed by atoms with Crippen molar-refractivity contribution in [3.8, 4) is 0 Å².